The molecule has 0 saturated carbocycles. The summed E-state index contributed by atoms with van der Waals surface area (Å²) in [6, 6.07) is 6.08. The van der Waals surface area contributed by atoms with Crippen molar-refractivity contribution in [3.05, 3.63) is 50.3 Å². The Kier molecular flexibility index (Phi) is 4.64. The Bertz CT molecular complexity index is 539. The minimum absolute atomic E-state index is 0.121. The molecule has 18 heavy (non-hydrogen) atoms. The molecule has 1 unspecified atom stereocenters. The van der Waals surface area contributed by atoms with E-state index in [1.54, 1.807) is 0 Å². The molecule has 1 aromatic heterocycles. The zero-order chi connectivity index (χ0) is 13.1. The standard InChI is InChI=1S/C13H15ClIN3/c1-3-18-8-9(7-17-18)13(16-2)11-6-10(14)4-5-12(11)15/h4-8,13,16H,3H2,1-2H3. The molecule has 0 aliphatic carbocycles. The van der Waals surface area contributed by atoms with Crippen molar-refractivity contribution in [1.29, 1.82) is 0 Å². The van der Waals surface area contributed by atoms with E-state index in [4.69, 9.17) is 11.6 Å². The lowest BCUT2D eigenvalue weighted by Crippen LogP contribution is -2.18. The van der Waals surface area contributed by atoms with E-state index in [2.05, 4.69) is 46.1 Å². The van der Waals surface area contributed by atoms with E-state index in [1.807, 2.05) is 36.1 Å². The van der Waals surface area contributed by atoms with Gasteiger partial charge in [-0.2, -0.15) is 5.10 Å². The van der Waals surface area contributed by atoms with Crippen LogP contribution in [0.2, 0.25) is 5.02 Å². The number of aryl methyl sites for hydroxylation is 1. The smallest absolute Gasteiger partial charge is 0.0616 e. The van der Waals surface area contributed by atoms with E-state index in [-0.39, 0.29) is 6.04 Å². The summed E-state index contributed by atoms with van der Waals surface area (Å²) in [4.78, 5) is 0. The minimum Gasteiger partial charge on any atom is -0.309 e. The van der Waals surface area contributed by atoms with Crippen molar-refractivity contribution >= 4 is 34.2 Å². The molecule has 0 fully saturated rings. The Morgan fingerprint density at radius 2 is 2.28 bits per heavy atom. The van der Waals surface area contributed by atoms with Gasteiger partial charge in [-0.05, 0) is 60.3 Å². The van der Waals surface area contributed by atoms with Gasteiger partial charge < -0.3 is 5.32 Å². The topological polar surface area (TPSA) is 29.9 Å². The van der Waals surface area contributed by atoms with Crippen LogP contribution in [0.1, 0.15) is 24.1 Å². The van der Waals surface area contributed by atoms with E-state index in [1.165, 1.54) is 9.13 Å². The fourth-order valence-electron chi connectivity index (χ4n) is 1.94. The van der Waals surface area contributed by atoms with E-state index < -0.39 is 0 Å². The summed E-state index contributed by atoms with van der Waals surface area (Å²) in [5.74, 6) is 0. The van der Waals surface area contributed by atoms with Gasteiger partial charge in [-0.3, -0.25) is 4.68 Å². The Balaban J connectivity index is 2.41. The van der Waals surface area contributed by atoms with Gasteiger partial charge in [-0.15, -0.1) is 0 Å². The Morgan fingerprint density at radius 3 is 2.89 bits per heavy atom. The van der Waals surface area contributed by atoms with Gasteiger partial charge in [0.25, 0.3) is 0 Å². The molecule has 1 aromatic carbocycles. The molecule has 0 spiro atoms. The molecule has 0 aliphatic rings. The molecule has 2 aromatic rings. The molecule has 0 bridgehead atoms. The van der Waals surface area contributed by atoms with Crippen LogP contribution >= 0.6 is 34.2 Å². The van der Waals surface area contributed by atoms with Crippen LogP contribution in [-0.2, 0) is 6.54 Å². The first-order valence-electron chi connectivity index (χ1n) is 5.80. The molecule has 0 aliphatic heterocycles. The van der Waals surface area contributed by atoms with Gasteiger partial charge in [-0.1, -0.05) is 11.6 Å². The maximum atomic E-state index is 6.09. The van der Waals surface area contributed by atoms with Crippen LogP contribution in [0.25, 0.3) is 0 Å². The van der Waals surface area contributed by atoms with Crippen LogP contribution in [0.5, 0.6) is 0 Å². The molecule has 1 atom stereocenters. The molecule has 5 heteroatoms. The second kappa shape index (κ2) is 6.04. The first kappa shape index (κ1) is 13.8. The predicted octanol–water partition coefficient (Wildman–Crippen LogP) is 3.47. The number of halogens is 2. The van der Waals surface area contributed by atoms with Crippen molar-refractivity contribution in [2.45, 2.75) is 19.5 Å². The molecule has 0 amide bonds. The van der Waals surface area contributed by atoms with Crippen LogP contribution in [0, 0.1) is 3.57 Å². The third-order valence-corrected chi connectivity index (χ3v) is 4.09. The van der Waals surface area contributed by atoms with Crippen LogP contribution in [-0.4, -0.2) is 16.8 Å². The normalized spacial score (nSPS) is 12.7. The Labute approximate surface area is 126 Å². The lowest BCUT2D eigenvalue weighted by Gasteiger charge is -2.17. The summed E-state index contributed by atoms with van der Waals surface area (Å²) < 4.78 is 3.12. The van der Waals surface area contributed by atoms with Gasteiger partial charge in [0.2, 0.25) is 0 Å². The largest absolute Gasteiger partial charge is 0.309 e. The van der Waals surface area contributed by atoms with Crippen molar-refractivity contribution in [2.75, 3.05) is 7.05 Å². The van der Waals surface area contributed by atoms with Crippen LogP contribution < -0.4 is 5.32 Å². The highest BCUT2D eigenvalue weighted by atomic mass is 127. The quantitative estimate of drug-likeness (QED) is 0.829. The number of rotatable bonds is 4. The average Bonchev–Trinajstić information content (AvgIpc) is 2.83. The highest BCUT2D eigenvalue weighted by Crippen LogP contribution is 2.28. The lowest BCUT2D eigenvalue weighted by atomic mass is 10.0. The summed E-state index contributed by atoms with van der Waals surface area (Å²) in [6.45, 7) is 2.96. The number of benzene rings is 1. The molecule has 0 saturated heterocycles. The van der Waals surface area contributed by atoms with Crippen molar-refractivity contribution in [3.63, 3.8) is 0 Å². The fraction of sp³-hybridized carbons (Fsp3) is 0.308. The zero-order valence-electron chi connectivity index (χ0n) is 10.3. The molecule has 2 rings (SSSR count). The SMILES string of the molecule is CCn1cc(C(NC)c2cc(Cl)ccc2I)cn1. The third-order valence-electron chi connectivity index (χ3n) is 2.87. The minimum atomic E-state index is 0.121. The molecular formula is C13H15ClIN3. The number of hydrogen-bond donors (Lipinski definition) is 1. The second-order valence-electron chi connectivity index (χ2n) is 4.02. The van der Waals surface area contributed by atoms with Crippen molar-refractivity contribution in [1.82, 2.24) is 15.1 Å². The van der Waals surface area contributed by atoms with Gasteiger partial charge in [0.1, 0.15) is 0 Å². The van der Waals surface area contributed by atoms with Gasteiger partial charge in [0, 0.05) is 26.9 Å². The zero-order valence-corrected chi connectivity index (χ0v) is 13.2. The number of nitrogens with zero attached hydrogens (tertiary/aromatic N) is 2. The van der Waals surface area contributed by atoms with Gasteiger partial charge in [-0.25, -0.2) is 0 Å². The molecule has 3 nitrogen and oxygen atoms in total. The molecule has 0 radical (unpaired) electrons. The lowest BCUT2D eigenvalue weighted by molar-refractivity contribution is 0.653. The molecule has 1 heterocycles. The van der Waals surface area contributed by atoms with Gasteiger partial charge >= 0.3 is 0 Å². The summed E-state index contributed by atoms with van der Waals surface area (Å²) in [5.41, 5.74) is 2.33. The third kappa shape index (κ3) is 2.87. The van der Waals surface area contributed by atoms with E-state index in [0.29, 0.717) is 0 Å². The van der Waals surface area contributed by atoms with E-state index >= 15 is 0 Å². The Morgan fingerprint density at radius 1 is 1.50 bits per heavy atom. The average molecular weight is 376 g/mol. The second-order valence-corrected chi connectivity index (χ2v) is 5.62. The maximum absolute atomic E-state index is 6.09. The van der Waals surface area contributed by atoms with Crippen LogP contribution in [0.4, 0.5) is 0 Å². The first-order valence-corrected chi connectivity index (χ1v) is 7.26. The van der Waals surface area contributed by atoms with Crippen molar-refractivity contribution in [2.24, 2.45) is 0 Å². The maximum Gasteiger partial charge on any atom is 0.0616 e. The van der Waals surface area contributed by atoms with Gasteiger partial charge in [0.05, 0.1) is 12.2 Å². The van der Waals surface area contributed by atoms with E-state index in [9.17, 15) is 0 Å². The molecule has 96 valence electrons. The summed E-state index contributed by atoms with van der Waals surface area (Å²) in [7, 11) is 1.95. The molecular weight excluding hydrogens is 361 g/mol. The van der Waals surface area contributed by atoms with Crippen molar-refractivity contribution in [3.8, 4) is 0 Å². The number of nitrogens with one attached hydrogen (secondary N) is 1. The highest BCUT2D eigenvalue weighted by molar-refractivity contribution is 14.1. The highest BCUT2D eigenvalue weighted by Gasteiger charge is 2.16. The molecule has 1 N–H and O–H groups in total. The monoisotopic (exact) mass is 375 g/mol. The van der Waals surface area contributed by atoms with Crippen molar-refractivity contribution < 1.29 is 0 Å². The summed E-state index contributed by atoms with van der Waals surface area (Å²) in [5, 5.41) is 8.40. The van der Waals surface area contributed by atoms with Crippen LogP contribution in [0.3, 0.4) is 0 Å². The first-order chi connectivity index (χ1) is 8.65. The summed E-state index contributed by atoms with van der Waals surface area (Å²) in [6.07, 6.45) is 3.97. The van der Waals surface area contributed by atoms with Crippen LogP contribution in [0.15, 0.2) is 30.6 Å². The van der Waals surface area contributed by atoms with E-state index in [0.717, 1.165) is 17.1 Å². The number of aromatic nitrogens is 2. The predicted molar refractivity (Wildman–Crippen MR) is 83.0 cm³/mol. The number of hydrogen-bond acceptors (Lipinski definition) is 2. The van der Waals surface area contributed by atoms with Gasteiger partial charge in [0.15, 0.2) is 0 Å². The summed E-state index contributed by atoms with van der Waals surface area (Å²) >= 11 is 8.42. The Hall–Kier alpha value is -0.590. The fourth-order valence-corrected chi connectivity index (χ4v) is 2.77.